The van der Waals surface area contributed by atoms with Crippen LogP contribution in [0.1, 0.15) is 30.9 Å². The summed E-state index contributed by atoms with van der Waals surface area (Å²) in [4.78, 5) is 2.50. The minimum Gasteiger partial charge on any atom is -0.467 e. The van der Waals surface area contributed by atoms with E-state index in [9.17, 15) is 0 Å². The van der Waals surface area contributed by atoms with E-state index >= 15 is 0 Å². The molecule has 0 saturated carbocycles. The third-order valence-corrected chi connectivity index (χ3v) is 3.94. The van der Waals surface area contributed by atoms with Gasteiger partial charge in [0.15, 0.2) is 6.79 Å². The van der Waals surface area contributed by atoms with Crippen molar-refractivity contribution in [2.75, 3.05) is 25.6 Å². The van der Waals surface area contributed by atoms with Crippen molar-refractivity contribution >= 4 is 18.1 Å². The molecule has 0 radical (unpaired) electrons. The van der Waals surface area contributed by atoms with Gasteiger partial charge in [-0.2, -0.15) is 0 Å². The molecule has 1 saturated heterocycles. The van der Waals surface area contributed by atoms with Crippen LogP contribution in [0.5, 0.6) is 5.75 Å². The number of likely N-dealkylation sites (tertiary alicyclic amines) is 1. The molecule has 3 rings (SSSR count). The van der Waals surface area contributed by atoms with Gasteiger partial charge in [-0.15, -0.1) is 12.4 Å². The predicted octanol–water partition coefficient (Wildman–Crippen LogP) is 2.79. The van der Waals surface area contributed by atoms with E-state index in [4.69, 9.17) is 15.2 Å². The quantitative estimate of drug-likeness (QED) is 0.853. The van der Waals surface area contributed by atoms with Crippen LogP contribution in [0.2, 0.25) is 0 Å². The number of rotatable bonds is 2. The third kappa shape index (κ3) is 3.37. The minimum absolute atomic E-state index is 0. The average molecular weight is 299 g/mol. The summed E-state index contributed by atoms with van der Waals surface area (Å²) in [5, 5.41) is 0. The smallest absolute Gasteiger partial charge is 0.189 e. The Morgan fingerprint density at radius 1 is 1.40 bits per heavy atom. The zero-order valence-electron chi connectivity index (χ0n) is 11.9. The van der Waals surface area contributed by atoms with Gasteiger partial charge in [-0.05, 0) is 37.4 Å². The molecule has 0 aromatic heterocycles. The molecule has 0 bridgehead atoms. The van der Waals surface area contributed by atoms with Crippen LogP contribution in [-0.4, -0.2) is 24.8 Å². The molecular formula is C15H23ClN2O2. The second-order valence-electron chi connectivity index (χ2n) is 5.76. The molecule has 2 N–H and O–H groups in total. The van der Waals surface area contributed by atoms with Crippen molar-refractivity contribution < 1.29 is 9.47 Å². The summed E-state index contributed by atoms with van der Waals surface area (Å²) < 4.78 is 11.0. The summed E-state index contributed by atoms with van der Waals surface area (Å²) in [5.41, 5.74) is 9.06. The maximum absolute atomic E-state index is 5.99. The van der Waals surface area contributed by atoms with Crippen LogP contribution in [0.4, 0.5) is 5.69 Å². The van der Waals surface area contributed by atoms with Crippen molar-refractivity contribution in [3.63, 3.8) is 0 Å². The van der Waals surface area contributed by atoms with Crippen molar-refractivity contribution in [2.24, 2.45) is 5.92 Å². The predicted molar refractivity (Wildman–Crippen MR) is 82.1 cm³/mol. The molecule has 0 aliphatic carbocycles. The fraction of sp³-hybridized carbons (Fsp3) is 0.600. The first-order valence-electron chi connectivity index (χ1n) is 7.06. The lowest BCUT2D eigenvalue weighted by molar-refractivity contribution is -0.0175. The number of ether oxygens (including phenoxy) is 2. The molecule has 0 amide bonds. The normalized spacial score (nSPS) is 22.6. The third-order valence-electron chi connectivity index (χ3n) is 3.94. The highest BCUT2D eigenvalue weighted by atomic mass is 35.5. The molecular weight excluding hydrogens is 276 g/mol. The Labute approximate surface area is 126 Å². The summed E-state index contributed by atoms with van der Waals surface area (Å²) in [6, 6.07) is 4.00. The fourth-order valence-electron chi connectivity index (χ4n) is 3.11. The lowest BCUT2D eigenvalue weighted by Crippen LogP contribution is -2.34. The fourth-order valence-corrected chi connectivity index (χ4v) is 3.11. The Hall–Kier alpha value is -0.970. The van der Waals surface area contributed by atoms with Crippen LogP contribution in [0.3, 0.4) is 0 Å². The summed E-state index contributed by atoms with van der Waals surface area (Å²) in [7, 11) is 0. The maximum Gasteiger partial charge on any atom is 0.189 e. The summed E-state index contributed by atoms with van der Waals surface area (Å²) in [6.45, 7) is 6.54. The summed E-state index contributed by atoms with van der Waals surface area (Å²) >= 11 is 0. The van der Waals surface area contributed by atoms with Crippen LogP contribution in [0, 0.1) is 5.92 Å². The Kier molecular flexibility index (Phi) is 5.13. The molecule has 112 valence electrons. The van der Waals surface area contributed by atoms with E-state index in [1.807, 2.05) is 12.1 Å². The Morgan fingerprint density at radius 2 is 2.25 bits per heavy atom. The van der Waals surface area contributed by atoms with E-state index in [-0.39, 0.29) is 12.4 Å². The van der Waals surface area contributed by atoms with E-state index in [0.29, 0.717) is 13.4 Å². The second-order valence-corrected chi connectivity index (χ2v) is 5.76. The van der Waals surface area contributed by atoms with Crippen LogP contribution in [0.15, 0.2) is 12.1 Å². The maximum atomic E-state index is 5.99. The van der Waals surface area contributed by atoms with E-state index in [1.165, 1.54) is 31.5 Å². The van der Waals surface area contributed by atoms with Crippen molar-refractivity contribution in [1.82, 2.24) is 4.90 Å². The summed E-state index contributed by atoms with van der Waals surface area (Å²) in [5.74, 6) is 1.77. The van der Waals surface area contributed by atoms with Crippen molar-refractivity contribution in [3.8, 4) is 5.75 Å². The molecule has 2 aliphatic rings. The molecule has 4 nitrogen and oxygen atoms in total. The zero-order chi connectivity index (χ0) is 13.2. The molecule has 1 atom stereocenters. The molecule has 1 fully saturated rings. The monoisotopic (exact) mass is 298 g/mol. The number of anilines is 1. The van der Waals surface area contributed by atoms with Crippen LogP contribution in [0.25, 0.3) is 0 Å². The Morgan fingerprint density at radius 3 is 3.05 bits per heavy atom. The number of nitrogens with two attached hydrogens (primary N) is 1. The van der Waals surface area contributed by atoms with Gasteiger partial charge >= 0.3 is 0 Å². The van der Waals surface area contributed by atoms with Crippen molar-refractivity contribution in [1.29, 1.82) is 0 Å². The van der Waals surface area contributed by atoms with Gasteiger partial charge in [0.1, 0.15) is 5.75 Å². The van der Waals surface area contributed by atoms with Crippen LogP contribution in [-0.2, 0) is 17.9 Å². The number of nitrogens with zero attached hydrogens (tertiary/aromatic N) is 1. The van der Waals surface area contributed by atoms with E-state index in [2.05, 4.69) is 11.8 Å². The van der Waals surface area contributed by atoms with Gasteiger partial charge in [0, 0.05) is 29.9 Å². The van der Waals surface area contributed by atoms with Gasteiger partial charge in [-0.25, -0.2) is 0 Å². The first kappa shape index (κ1) is 15.4. The second kappa shape index (κ2) is 6.66. The topological polar surface area (TPSA) is 47.7 Å². The first-order chi connectivity index (χ1) is 9.22. The van der Waals surface area contributed by atoms with Gasteiger partial charge in [0.2, 0.25) is 0 Å². The minimum atomic E-state index is 0. The van der Waals surface area contributed by atoms with Gasteiger partial charge in [-0.1, -0.05) is 6.92 Å². The molecule has 5 heteroatoms. The highest BCUT2D eigenvalue weighted by Crippen LogP contribution is 2.32. The van der Waals surface area contributed by atoms with Crippen LogP contribution < -0.4 is 10.5 Å². The number of piperidine rings is 1. The highest BCUT2D eigenvalue weighted by molar-refractivity contribution is 5.85. The van der Waals surface area contributed by atoms with Gasteiger partial charge in [-0.3, -0.25) is 4.90 Å². The van der Waals surface area contributed by atoms with Gasteiger partial charge in [0.05, 0.1) is 6.61 Å². The van der Waals surface area contributed by atoms with Crippen molar-refractivity contribution in [2.45, 2.75) is 32.9 Å². The Balaban J connectivity index is 0.00000147. The lowest BCUT2D eigenvalue weighted by atomic mass is 9.99. The molecule has 1 unspecified atom stereocenters. The molecule has 1 aromatic carbocycles. The van der Waals surface area contributed by atoms with Crippen LogP contribution >= 0.6 is 12.4 Å². The number of hydrogen-bond acceptors (Lipinski definition) is 4. The number of halogens is 1. The molecule has 0 spiro atoms. The zero-order valence-corrected chi connectivity index (χ0v) is 12.7. The van der Waals surface area contributed by atoms with Gasteiger partial charge in [0.25, 0.3) is 0 Å². The number of fused-ring (bicyclic) bond motifs is 1. The average Bonchev–Trinajstić information content (AvgIpc) is 2.38. The molecule has 2 heterocycles. The van der Waals surface area contributed by atoms with E-state index in [0.717, 1.165) is 29.5 Å². The standard InChI is InChI=1S/C15H22N2O2.ClH/c1-11-3-2-4-17(7-11)8-12-5-14(16)6-13-9-18-10-19-15(12)13;/h5-6,11H,2-4,7-10,16H2,1H3;1H. The number of benzene rings is 1. The van der Waals surface area contributed by atoms with E-state index < -0.39 is 0 Å². The molecule has 1 aromatic rings. The first-order valence-corrected chi connectivity index (χ1v) is 7.06. The molecule has 20 heavy (non-hydrogen) atoms. The number of nitrogen functional groups attached to an aromatic ring is 1. The molecule has 2 aliphatic heterocycles. The highest BCUT2D eigenvalue weighted by Gasteiger charge is 2.21. The Bertz CT molecular complexity index is 467. The van der Waals surface area contributed by atoms with E-state index in [1.54, 1.807) is 0 Å². The lowest BCUT2D eigenvalue weighted by Gasteiger charge is -2.32. The number of hydrogen-bond donors (Lipinski definition) is 1. The van der Waals surface area contributed by atoms with Crippen molar-refractivity contribution in [3.05, 3.63) is 23.3 Å². The van der Waals surface area contributed by atoms with Gasteiger partial charge < -0.3 is 15.2 Å². The largest absolute Gasteiger partial charge is 0.467 e. The summed E-state index contributed by atoms with van der Waals surface area (Å²) in [6.07, 6.45) is 2.63. The SMILES string of the molecule is CC1CCCN(Cc2cc(N)cc3c2OCOC3)C1.Cl.